The Morgan fingerprint density at radius 3 is 2.55 bits per heavy atom. The molecule has 0 aromatic carbocycles. The summed E-state index contributed by atoms with van der Waals surface area (Å²) in [6, 6.07) is 2.06. The van der Waals surface area contributed by atoms with E-state index in [-0.39, 0.29) is 0 Å². The van der Waals surface area contributed by atoms with Crippen LogP contribution in [-0.2, 0) is 0 Å². The molecule has 0 radical (unpaired) electrons. The molecule has 1 aliphatic carbocycles. The Morgan fingerprint density at radius 1 is 1.25 bits per heavy atom. The van der Waals surface area contributed by atoms with Crippen molar-refractivity contribution in [1.82, 2.24) is 9.97 Å². The van der Waals surface area contributed by atoms with Gasteiger partial charge < -0.3 is 5.32 Å². The van der Waals surface area contributed by atoms with E-state index in [4.69, 9.17) is 0 Å². The molecule has 0 bridgehead atoms. The number of hydrogen-bond acceptors (Lipinski definition) is 4. The minimum atomic E-state index is 0.375. The molecule has 1 fully saturated rings. The highest BCUT2D eigenvalue weighted by Crippen LogP contribution is 2.38. The monoisotopic (exact) mass is 293 g/mol. The highest BCUT2D eigenvalue weighted by Gasteiger charge is 2.30. The van der Waals surface area contributed by atoms with Crippen LogP contribution in [0.15, 0.2) is 6.07 Å². The van der Waals surface area contributed by atoms with Gasteiger partial charge >= 0.3 is 0 Å². The van der Waals surface area contributed by atoms with Crippen molar-refractivity contribution in [3.8, 4) is 0 Å². The molecule has 1 aromatic heterocycles. The summed E-state index contributed by atoms with van der Waals surface area (Å²) in [7, 11) is 0. The summed E-state index contributed by atoms with van der Waals surface area (Å²) < 4.78 is 0.398. The Balaban J connectivity index is 2.06. The number of anilines is 1. The minimum absolute atomic E-state index is 0.375. The highest BCUT2D eigenvalue weighted by atomic mass is 32.2. The zero-order chi connectivity index (χ0) is 14.6. The van der Waals surface area contributed by atoms with E-state index < -0.39 is 0 Å². The van der Waals surface area contributed by atoms with Crippen LogP contribution in [0.1, 0.15) is 63.4 Å². The van der Waals surface area contributed by atoms with Gasteiger partial charge in [-0.3, -0.25) is 0 Å². The number of thioether (sulfide) groups is 1. The van der Waals surface area contributed by atoms with Crippen LogP contribution >= 0.6 is 11.8 Å². The third kappa shape index (κ3) is 3.87. The van der Waals surface area contributed by atoms with E-state index in [9.17, 15) is 0 Å². The fourth-order valence-corrected chi connectivity index (χ4v) is 3.75. The van der Waals surface area contributed by atoms with Crippen LogP contribution in [0, 0.1) is 6.92 Å². The summed E-state index contributed by atoms with van der Waals surface area (Å²) in [5.41, 5.74) is 1.05. The Bertz CT molecular complexity index is 439. The van der Waals surface area contributed by atoms with Gasteiger partial charge in [0, 0.05) is 29.0 Å². The maximum atomic E-state index is 4.65. The number of nitrogens with one attached hydrogen (secondary N) is 1. The quantitative estimate of drug-likeness (QED) is 0.874. The number of aryl methyl sites for hydroxylation is 1. The molecule has 20 heavy (non-hydrogen) atoms. The lowest BCUT2D eigenvalue weighted by Crippen LogP contribution is -2.35. The van der Waals surface area contributed by atoms with Gasteiger partial charge in [0.25, 0.3) is 0 Å². The molecule has 1 heterocycles. The van der Waals surface area contributed by atoms with Gasteiger partial charge in [0.1, 0.15) is 11.6 Å². The third-order valence-electron chi connectivity index (χ3n) is 4.18. The normalized spacial score (nSPS) is 18.2. The van der Waals surface area contributed by atoms with Gasteiger partial charge in [0.2, 0.25) is 0 Å². The van der Waals surface area contributed by atoms with Gasteiger partial charge in [0.05, 0.1) is 0 Å². The minimum Gasteiger partial charge on any atom is -0.369 e. The molecule has 0 aliphatic heterocycles. The number of hydrogen-bond donors (Lipinski definition) is 1. The van der Waals surface area contributed by atoms with Crippen molar-refractivity contribution in [2.24, 2.45) is 0 Å². The average Bonchev–Trinajstić information content (AvgIpc) is 2.45. The van der Waals surface area contributed by atoms with Gasteiger partial charge in [-0.2, -0.15) is 11.8 Å². The topological polar surface area (TPSA) is 37.8 Å². The first-order valence-corrected chi connectivity index (χ1v) is 8.92. The summed E-state index contributed by atoms with van der Waals surface area (Å²) in [4.78, 5) is 9.16. The summed E-state index contributed by atoms with van der Waals surface area (Å²) >= 11 is 2.02. The first-order valence-electron chi connectivity index (χ1n) is 7.69. The lowest BCUT2D eigenvalue weighted by Gasteiger charge is -2.36. The van der Waals surface area contributed by atoms with Crippen LogP contribution in [0.2, 0.25) is 0 Å². The van der Waals surface area contributed by atoms with Gasteiger partial charge in [0.15, 0.2) is 0 Å². The van der Waals surface area contributed by atoms with Crippen LogP contribution in [-0.4, -0.2) is 27.5 Å². The largest absolute Gasteiger partial charge is 0.369 e. The summed E-state index contributed by atoms with van der Waals surface area (Å²) in [5.74, 6) is 2.30. The van der Waals surface area contributed by atoms with Gasteiger partial charge in [-0.05, 0) is 26.0 Å². The second kappa shape index (κ2) is 6.79. The molecule has 1 N–H and O–H groups in total. The molecule has 1 aliphatic rings. The van der Waals surface area contributed by atoms with Crippen molar-refractivity contribution >= 4 is 17.6 Å². The van der Waals surface area contributed by atoms with E-state index in [2.05, 4.69) is 41.5 Å². The van der Waals surface area contributed by atoms with Crippen molar-refractivity contribution in [2.75, 3.05) is 18.1 Å². The Kier molecular flexibility index (Phi) is 5.30. The van der Waals surface area contributed by atoms with Crippen molar-refractivity contribution in [3.05, 3.63) is 17.6 Å². The SMILES string of the molecule is CSC1(CNc2cc(C)nc(C(C)C)n2)CCCCC1. The van der Waals surface area contributed by atoms with E-state index in [1.807, 2.05) is 18.7 Å². The lowest BCUT2D eigenvalue weighted by molar-refractivity contribution is 0.411. The van der Waals surface area contributed by atoms with Crippen LogP contribution < -0.4 is 5.32 Å². The van der Waals surface area contributed by atoms with Crippen molar-refractivity contribution in [2.45, 2.75) is 63.5 Å². The molecule has 3 nitrogen and oxygen atoms in total. The Labute approximate surface area is 127 Å². The molecule has 1 saturated carbocycles. The Hall–Kier alpha value is -0.770. The van der Waals surface area contributed by atoms with Crippen LogP contribution in [0.4, 0.5) is 5.82 Å². The molecule has 1 aromatic rings. The number of rotatable bonds is 5. The van der Waals surface area contributed by atoms with E-state index in [1.165, 1.54) is 32.1 Å². The molecular weight excluding hydrogens is 266 g/mol. The number of aromatic nitrogens is 2. The standard InChI is InChI=1S/C16H27N3S/c1-12(2)15-18-13(3)10-14(19-15)17-11-16(20-4)8-6-5-7-9-16/h10,12H,5-9,11H2,1-4H3,(H,17,18,19). The van der Waals surface area contributed by atoms with Gasteiger partial charge in [-0.15, -0.1) is 0 Å². The molecule has 112 valence electrons. The molecule has 0 atom stereocenters. The maximum absolute atomic E-state index is 4.65. The molecule has 0 unspecified atom stereocenters. The van der Waals surface area contributed by atoms with Crippen molar-refractivity contribution < 1.29 is 0 Å². The lowest BCUT2D eigenvalue weighted by atomic mass is 9.88. The summed E-state index contributed by atoms with van der Waals surface area (Å²) in [6.07, 6.45) is 9.01. The molecular formula is C16H27N3S. The second-order valence-corrected chi connectivity index (χ2v) is 7.48. The van der Waals surface area contributed by atoms with Crippen molar-refractivity contribution in [3.63, 3.8) is 0 Å². The predicted molar refractivity (Wildman–Crippen MR) is 88.7 cm³/mol. The average molecular weight is 293 g/mol. The van der Waals surface area contributed by atoms with Crippen molar-refractivity contribution in [1.29, 1.82) is 0 Å². The van der Waals surface area contributed by atoms with Crippen LogP contribution in [0.5, 0.6) is 0 Å². The zero-order valence-electron chi connectivity index (χ0n) is 13.2. The molecule has 4 heteroatoms. The fraction of sp³-hybridized carbons (Fsp3) is 0.750. The first-order chi connectivity index (χ1) is 9.54. The summed E-state index contributed by atoms with van der Waals surface area (Å²) in [6.45, 7) is 7.35. The first kappa shape index (κ1) is 15.6. The van der Waals surface area contributed by atoms with E-state index in [0.717, 1.165) is 23.9 Å². The van der Waals surface area contributed by atoms with E-state index >= 15 is 0 Å². The second-order valence-electron chi connectivity index (χ2n) is 6.21. The smallest absolute Gasteiger partial charge is 0.133 e. The molecule has 2 rings (SSSR count). The van der Waals surface area contributed by atoms with E-state index in [1.54, 1.807) is 0 Å². The summed E-state index contributed by atoms with van der Waals surface area (Å²) in [5, 5.41) is 3.57. The fourth-order valence-electron chi connectivity index (χ4n) is 2.84. The maximum Gasteiger partial charge on any atom is 0.133 e. The molecule has 0 saturated heterocycles. The van der Waals surface area contributed by atoms with E-state index in [0.29, 0.717) is 10.7 Å². The highest BCUT2D eigenvalue weighted by molar-refractivity contribution is 8.00. The number of nitrogens with zero attached hydrogens (tertiary/aromatic N) is 2. The molecule has 0 spiro atoms. The van der Waals surface area contributed by atoms with Crippen LogP contribution in [0.3, 0.4) is 0 Å². The van der Waals surface area contributed by atoms with Crippen LogP contribution in [0.25, 0.3) is 0 Å². The van der Waals surface area contributed by atoms with Gasteiger partial charge in [-0.25, -0.2) is 9.97 Å². The van der Waals surface area contributed by atoms with Gasteiger partial charge in [-0.1, -0.05) is 33.1 Å². The third-order valence-corrected chi connectivity index (χ3v) is 5.60. The predicted octanol–water partition coefficient (Wildman–Crippen LogP) is 4.39. The zero-order valence-corrected chi connectivity index (χ0v) is 14.0. The molecule has 0 amide bonds. The Morgan fingerprint density at radius 2 is 1.95 bits per heavy atom.